The van der Waals surface area contributed by atoms with Gasteiger partial charge in [0.2, 0.25) is 11.5 Å². The molecule has 3 rings (SSSR count). The summed E-state index contributed by atoms with van der Waals surface area (Å²) < 4.78 is 22.0. The normalized spacial score (nSPS) is 16.0. The van der Waals surface area contributed by atoms with Crippen LogP contribution in [0, 0.1) is 6.92 Å². The third-order valence-corrected chi connectivity index (χ3v) is 4.63. The predicted molar refractivity (Wildman–Crippen MR) is 97.5 cm³/mol. The Kier molecular flexibility index (Phi) is 5.68. The van der Waals surface area contributed by atoms with E-state index in [4.69, 9.17) is 18.6 Å². The van der Waals surface area contributed by atoms with Crippen LogP contribution in [0.15, 0.2) is 21.3 Å². The first kappa shape index (κ1) is 18.5. The summed E-state index contributed by atoms with van der Waals surface area (Å²) in [5.74, 6) is 1.08. The smallest absolute Gasteiger partial charge is 0.336 e. The molecule has 0 radical (unpaired) electrons. The highest BCUT2D eigenvalue weighted by Crippen LogP contribution is 2.43. The van der Waals surface area contributed by atoms with Crippen LogP contribution >= 0.6 is 0 Å². The van der Waals surface area contributed by atoms with E-state index in [1.165, 1.54) is 20.3 Å². The van der Waals surface area contributed by atoms with Gasteiger partial charge in [-0.2, -0.15) is 0 Å². The minimum Gasteiger partial charge on any atom is -0.493 e. The van der Waals surface area contributed by atoms with Gasteiger partial charge >= 0.3 is 5.63 Å². The average molecular weight is 363 g/mol. The first-order chi connectivity index (χ1) is 12.5. The molecule has 2 heterocycles. The van der Waals surface area contributed by atoms with Crippen molar-refractivity contribution < 1.29 is 23.7 Å². The maximum atomic E-state index is 11.8. The average Bonchev–Trinajstić information content (AvgIpc) is 3.11. The molecule has 1 aliphatic rings. The predicted octanol–water partition coefficient (Wildman–Crippen LogP) is 1.95. The van der Waals surface area contributed by atoms with Gasteiger partial charge in [-0.1, -0.05) is 0 Å². The number of rotatable bonds is 7. The largest absolute Gasteiger partial charge is 0.493 e. The van der Waals surface area contributed by atoms with Crippen LogP contribution in [0.2, 0.25) is 0 Å². The van der Waals surface area contributed by atoms with E-state index in [1.807, 2.05) is 6.92 Å². The molecule has 0 bridgehead atoms. The molecule has 7 nitrogen and oxygen atoms in total. The Bertz CT molecular complexity index is 825. The molecule has 142 valence electrons. The molecule has 0 saturated carbocycles. The Morgan fingerprint density at radius 2 is 1.92 bits per heavy atom. The quantitative estimate of drug-likeness (QED) is 0.753. The zero-order chi connectivity index (χ0) is 18.7. The van der Waals surface area contributed by atoms with Gasteiger partial charge in [0, 0.05) is 18.0 Å². The van der Waals surface area contributed by atoms with Crippen molar-refractivity contribution in [2.24, 2.45) is 0 Å². The molecule has 7 heteroatoms. The summed E-state index contributed by atoms with van der Waals surface area (Å²) in [6.45, 7) is 4.42. The van der Waals surface area contributed by atoms with E-state index in [2.05, 4.69) is 4.90 Å². The van der Waals surface area contributed by atoms with Gasteiger partial charge in [-0.25, -0.2) is 4.79 Å². The highest BCUT2D eigenvalue weighted by molar-refractivity contribution is 5.90. The molecule has 0 amide bonds. The second-order valence-corrected chi connectivity index (χ2v) is 6.54. The summed E-state index contributed by atoms with van der Waals surface area (Å²) in [5.41, 5.74) is 0.574. The maximum Gasteiger partial charge on any atom is 0.336 e. The Morgan fingerprint density at radius 1 is 1.19 bits per heavy atom. The van der Waals surface area contributed by atoms with Crippen molar-refractivity contribution in [3.8, 4) is 17.2 Å². The summed E-state index contributed by atoms with van der Waals surface area (Å²) >= 11 is 0. The molecule has 0 spiro atoms. The van der Waals surface area contributed by atoms with Crippen LogP contribution in [0.3, 0.4) is 0 Å². The summed E-state index contributed by atoms with van der Waals surface area (Å²) in [6.07, 6.45) is 1.66. The van der Waals surface area contributed by atoms with Crippen molar-refractivity contribution in [3.05, 3.63) is 28.1 Å². The third-order valence-electron chi connectivity index (χ3n) is 4.63. The van der Waals surface area contributed by atoms with Crippen molar-refractivity contribution in [2.45, 2.75) is 25.9 Å². The zero-order valence-corrected chi connectivity index (χ0v) is 15.4. The number of ether oxygens (including phenoxy) is 3. The van der Waals surface area contributed by atoms with E-state index < -0.39 is 11.7 Å². The van der Waals surface area contributed by atoms with Gasteiger partial charge in [0.25, 0.3) is 0 Å². The van der Waals surface area contributed by atoms with E-state index in [1.54, 1.807) is 6.07 Å². The van der Waals surface area contributed by atoms with Gasteiger partial charge in [-0.3, -0.25) is 0 Å². The Labute approximate surface area is 152 Å². The number of fused-ring (bicyclic) bond motifs is 1. The van der Waals surface area contributed by atoms with Gasteiger partial charge < -0.3 is 28.6 Å². The first-order valence-corrected chi connectivity index (χ1v) is 8.76. The standard InChI is InChI=1S/C19H25NO6/c1-12-8-16(22)26-17-14(12)9-15(23-2)18(24-3)19(17)25-11-13(21)10-20-6-4-5-7-20/h8-9,13,21H,4-7,10-11H2,1-3H3/t13-/m1/s1. The monoisotopic (exact) mass is 363 g/mol. The van der Waals surface area contributed by atoms with Gasteiger partial charge in [-0.15, -0.1) is 0 Å². The van der Waals surface area contributed by atoms with Crippen LogP contribution in [0.1, 0.15) is 18.4 Å². The van der Waals surface area contributed by atoms with Crippen molar-refractivity contribution >= 4 is 11.0 Å². The summed E-state index contributed by atoms with van der Waals surface area (Å²) in [5, 5.41) is 11.0. The Hall–Kier alpha value is -2.25. The van der Waals surface area contributed by atoms with E-state index in [-0.39, 0.29) is 12.4 Å². The fourth-order valence-electron chi connectivity index (χ4n) is 3.35. The third kappa shape index (κ3) is 3.78. The van der Waals surface area contributed by atoms with Crippen molar-refractivity contribution in [1.82, 2.24) is 4.90 Å². The molecule has 1 atom stereocenters. The number of benzene rings is 1. The summed E-state index contributed by atoms with van der Waals surface area (Å²) in [7, 11) is 3.02. The second-order valence-electron chi connectivity index (χ2n) is 6.54. The van der Waals surface area contributed by atoms with Crippen LogP contribution in [-0.2, 0) is 0 Å². The van der Waals surface area contributed by atoms with Crippen LogP contribution in [0.4, 0.5) is 0 Å². The highest BCUT2D eigenvalue weighted by Gasteiger charge is 2.22. The van der Waals surface area contributed by atoms with E-state index in [9.17, 15) is 9.90 Å². The number of hydrogen-bond donors (Lipinski definition) is 1. The van der Waals surface area contributed by atoms with Crippen molar-refractivity contribution in [3.63, 3.8) is 0 Å². The lowest BCUT2D eigenvalue weighted by atomic mass is 10.1. The van der Waals surface area contributed by atoms with Crippen molar-refractivity contribution in [2.75, 3.05) is 40.5 Å². The number of hydrogen-bond acceptors (Lipinski definition) is 7. The molecule has 26 heavy (non-hydrogen) atoms. The molecule has 1 fully saturated rings. The molecule has 0 unspecified atom stereocenters. The molecule has 0 aliphatic carbocycles. The Morgan fingerprint density at radius 3 is 2.58 bits per heavy atom. The fraction of sp³-hybridized carbons (Fsp3) is 0.526. The molecular weight excluding hydrogens is 338 g/mol. The summed E-state index contributed by atoms with van der Waals surface area (Å²) in [4.78, 5) is 14.0. The lowest BCUT2D eigenvalue weighted by Gasteiger charge is -2.21. The lowest BCUT2D eigenvalue weighted by molar-refractivity contribution is 0.0747. The first-order valence-electron chi connectivity index (χ1n) is 8.76. The zero-order valence-electron chi connectivity index (χ0n) is 15.4. The van der Waals surface area contributed by atoms with E-state index in [0.717, 1.165) is 31.5 Å². The number of nitrogens with zero attached hydrogens (tertiary/aromatic N) is 1. The fourth-order valence-corrected chi connectivity index (χ4v) is 3.35. The molecule has 1 aromatic heterocycles. The Balaban J connectivity index is 1.92. The minimum absolute atomic E-state index is 0.0623. The van der Waals surface area contributed by atoms with Crippen LogP contribution < -0.4 is 19.8 Å². The SMILES string of the molecule is COc1cc2c(C)cc(=O)oc2c(OC[C@H](O)CN2CCCC2)c1OC. The highest BCUT2D eigenvalue weighted by atomic mass is 16.5. The topological polar surface area (TPSA) is 81.4 Å². The molecule has 1 aromatic carbocycles. The van der Waals surface area contributed by atoms with E-state index in [0.29, 0.717) is 29.0 Å². The molecular formula is C19H25NO6. The number of aliphatic hydroxyl groups excluding tert-OH is 1. The summed E-state index contributed by atoms with van der Waals surface area (Å²) in [6, 6.07) is 3.17. The van der Waals surface area contributed by atoms with Crippen LogP contribution in [0.25, 0.3) is 11.0 Å². The maximum absolute atomic E-state index is 11.8. The number of methoxy groups -OCH3 is 2. The lowest BCUT2D eigenvalue weighted by Crippen LogP contribution is -2.33. The van der Waals surface area contributed by atoms with Gasteiger partial charge in [0.15, 0.2) is 11.3 Å². The molecule has 1 saturated heterocycles. The van der Waals surface area contributed by atoms with Gasteiger partial charge in [0.05, 0.1) is 14.2 Å². The van der Waals surface area contributed by atoms with Gasteiger partial charge in [0.1, 0.15) is 12.7 Å². The van der Waals surface area contributed by atoms with Crippen molar-refractivity contribution in [1.29, 1.82) is 0 Å². The van der Waals surface area contributed by atoms with Crippen LogP contribution in [0.5, 0.6) is 17.2 Å². The molecule has 1 N–H and O–H groups in total. The number of likely N-dealkylation sites (tertiary alicyclic amines) is 1. The number of aryl methyl sites for hydroxylation is 1. The molecule has 1 aliphatic heterocycles. The van der Waals surface area contributed by atoms with Crippen LogP contribution in [-0.4, -0.2) is 56.6 Å². The minimum atomic E-state index is -0.657. The number of aliphatic hydroxyl groups is 1. The second kappa shape index (κ2) is 7.97. The van der Waals surface area contributed by atoms with Gasteiger partial charge in [-0.05, 0) is 44.5 Å². The van der Waals surface area contributed by atoms with E-state index >= 15 is 0 Å². The molecule has 2 aromatic rings. The number of β-amino-alcohol motifs (C(OH)–C–C–N with tert-alkyl or cyclic N) is 1.